The van der Waals surface area contributed by atoms with Gasteiger partial charge in [0.1, 0.15) is 0 Å². The number of hydrogen-bond acceptors (Lipinski definition) is 10. The van der Waals surface area contributed by atoms with Crippen molar-refractivity contribution >= 4 is 26.5 Å². The second kappa shape index (κ2) is 23.5. The highest BCUT2D eigenvalue weighted by Gasteiger charge is 2.61. The van der Waals surface area contributed by atoms with Crippen molar-refractivity contribution in [2.75, 3.05) is 78.5 Å². The highest BCUT2D eigenvalue weighted by Crippen LogP contribution is 2.53. The Morgan fingerprint density at radius 2 is 1.09 bits per heavy atom. The van der Waals surface area contributed by atoms with Crippen molar-refractivity contribution in [2.45, 2.75) is 151 Å². The maximum Gasteiger partial charge on any atom is 0.335 e. The van der Waals surface area contributed by atoms with Crippen molar-refractivity contribution in [2.24, 2.45) is 35.5 Å². The quantitative estimate of drug-likeness (QED) is 0.0993. The number of hydrogen-bond donors (Lipinski definition) is 4. The maximum absolute atomic E-state index is 11.6. The predicted molar refractivity (Wildman–Crippen MR) is 233 cm³/mol. The van der Waals surface area contributed by atoms with E-state index in [4.69, 9.17) is 8.85 Å². The van der Waals surface area contributed by atoms with Gasteiger partial charge in [0.15, 0.2) is 0 Å². The van der Waals surface area contributed by atoms with Crippen LogP contribution in [0.4, 0.5) is 0 Å². The predicted octanol–water partition coefficient (Wildman–Crippen LogP) is 6.44. The lowest BCUT2D eigenvalue weighted by atomic mass is 9.61. The van der Waals surface area contributed by atoms with Gasteiger partial charge in [-0.1, -0.05) is 61.8 Å². The zero-order valence-corrected chi connectivity index (χ0v) is 39.7. The monoisotopic (exact) mass is 843 g/mol. The van der Waals surface area contributed by atoms with E-state index in [0.29, 0.717) is 51.7 Å². The first-order chi connectivity index (χ1) is 26.9. The fourth-order valence-electron chi connectivity index (χ4n) is 9.56. The Bertz CT molecular complexity index is 1280. The summed E-state index contributed by atoms with van der Waals surface area (Å²) in [5, 5.41) is 39.9. The van der Waals surface area contributed by atoms with Gasteiger partial charge in [-0.05, 0) is 115 Å². The van der Waals surface area contributed by atoms with Crippen LogP contribution in [0.25, 0.3) is 0 Å². The van der Waals surface area contributed by atoms with E-state index in [2.05, 4.69) is 95.4 Å². The lowest BCUT2D eigenvalue weighted by molar-refractivity contribution is -0.204. The number of carbonyl (C=O) groups is 3. The van der Waals surface area contributed by atoms with Gasteiger partial charge < -0.3 is 48.9 Å². The molecule has 2 aliphatic heterocycles. The fraction of sp³-hybridized carbons (Fsp3) is 0.932. The molecular formula is C44H86N4O9Si. The number of rotatable bonds is 20. The molecule has 0 aromatic rings. The second-order valence-electron chi connectivity index (χ2n) is 19.2. The number of aliphatic hydroxyl groups is 1. The van der Waals surface area contributed by atoms with Crippen LogP contribution >= 0.6 is 0 Å². The van der Waals surface area contributed by atoms with Gasteiger partial charge in [0.25, 0.3) is 0 Å². The summed E-state index contributed by atoms with van der Waals surface area (Å²) in [6, 6.07) is 0.831. The molecule has 2 rings (SSSR count). The van der Waals surface area contributed by atoms with E-state index in [-0.39, 0.29) is 54.5 Å². The topological polar surface area (TPSA) is 164 Å². The highest BCUT2D eigenvalue weighted by molar-refractivity contribution is 6.66. The smallest absolute Gasteiger partial charge is 0.335 e. The summed E-state index contributed by atoms with van der Waals surface area (Å²) in [5.74, 6) is -1.49. The van der Waals surface area contributed by atoms with Crippen molar-refractivity contribution in [3.8, 4) is 0 Å². The number of carboxylic acids is 3. The van der Waals surface area contributed by atoms with E-state index in [1.165, 1.54) is 0 Å². The van der Waals surface area contributed by atoms with Gasteiger partial charge >= 0.3 is 26.5 Å². The fourth-order valence-corrected chi connectivity index (χ4v) is 13.2. The Labute approximate surface area is 353 Å². The van der Waals surface area contributed by atoms with Crippen LogP contribution in [0.15, 0.2) is 0 Å². The summed E-state index contributed by atoms with van der Waals surface area (Å²) in [7, 11) is -2.75. The Hall–Kier alpha value is -1.65. The molecule has 2 heterocycles. The largest absolute Gasteiger partial charge is 0.481 e. The average Bonchev–Trinajstić information content (AvgIpc) is 3.14. The Kier molecular flexibility index (Phi) is 21.3. The van der Waals surface area contributed by atoms with Gasteiger partial charge in [-0.15, -0.1) is 0 Å². The minimum absolute atomic E-state index is 0.0405. The van der Waals surface area contributed by atoms with Crippen molar-refractivity contribution in [3.05, 3.63) is 0 Å². The van der Waals surface area contributed by atoms with Crippen LogP contribution in [0.5, 0.6) is 0 Å². The first kappa shape index (κ1) is 52.5. The van der Waals surface area contributed by atoms with Crippen LogP contribution in [-0.4, -0.2) is 162 Å². The van der Waals surface area contributed by atoms with Crippen LogP contribution in [-0.2, 0) is 23.2 Å². The lowest BCUT2D eigenvalue weighted by Crippen LogP contribution is -2.69. The van der Waals surface area contributed by atoms with Crippen LogP contribution in [0.1, 0.15) is 121 Å². The molecule has 14 heteroatoms. The normalized spacial score (nSPS) is 30.2. The summed E-state index contributed by atoms with van der Waals surface area (Å²) < 4.78 is 14.7. The third kappa shape index (κ3) is 15.4. The molecule has 2 aliphatic rings. The second-order valence-corrected chi connectivity index (χ2v) is 22.3. The molecule has 9 atom stereocenters. The summed E-state index contributed by atoms with van der Waals surface area (Å²) in [5.41, 5.74) is -1.65. The Balaban J connectivity index is 2.34. The third-order valence-corrected chi connectivity index (χ3v) is 18.2. The van der Waals surface area contributed by atoms with Crippen LogP contribution < -0.4 is 0 Å². The van der Waals surface area contributed by atoms with E-state index in [1.807, 2.05) is 6.92 Å². The molecule has 0 bridgehead atoms. The number of aliphatic carboxylic acids is 3. The highest BCUT2D eigenvalue weighted by atomic mass is 28.4. The zero-order valence-electron chi connectivity index (χ0n) is 38.7. The van der Waals surface area contributed by atoms with Gasteiger partial charge in [0.2, 0.25) is 0 Å². The summed E-state index contributed by atoms with van der Waals surface area (Å²) in [6.45, 7) is 34.6. The number of nitrogens with zero attached hydrogens (tertiary/aromatic N) is 4. The minimum atomic E-state index is -2.75. The molecule has 4 N–H and O–H groups in total. The van der Waals surface area contributed by atoms with E-state index < -0.39 is 37.7 Å². The van der Waals surface area contributed by atoms with Crippen molar-refractivity contribution < 1.29 is 43.7 Å². The van der Waals surface area contributed by atoms with Crippen LogP contribution in [0.2, 0.25) is 12.6 Å². The van der Waals surface area contributed by atoms with Gasteiger partial charge in [-0.3, -0.25) is 14.4 Å². The molecule has 340 valence electrons. The van der Waals surface area contributed by atoms with E-state index >= 15 is 0 Å². The molecule has 2 saturated heterocycles. The molecule has 0 aliphatic carbocycles. The maximum atomic E-state index is 11.6. The minimum Gasteiger partial charge on any atom is -0.481 e. The SMILES string of the molecule is CCC(C)C1(C)O[Si](C)(CCCN2CCCN(CCC(=O)O)CCN(CCC(=O)O)CCCN(CCC(=O)O)CC2)OC(C)(C(C)C(C)C(C)C(C)(O)C(C)C)C1C. The first-order valence-electron chi connectivity index (χ1n) is 22.6. The molecule has 0 aromatic carbocycles. The molecule has 2 fully saturated rings. The van der Waals surface area contributed by atoms with Crippen molar-refractivity contribution in [1.82, 2.24) is 19.6 Å². The molecule has 0 radical (unpaired) electrons. The zero-order chi connectivity index (χ0) is 44.1. The molecule has 0 saturated carbocycles. The van der Waals surface area contributed by atoms with Crippen molar-refractivity contribution in [1.29, 1.82) is 0 Å². The van der Waals surface area contributed by atoms with Crippen LogP contribution in [0, 0.1) is 35.5 Å². The summed E-state index contributed by atoms with van der Waals surface area (Å²) >= 11 is 0. The summed E-state index contributed by atoms with van der Waals surface area (Å²) in [6.07, 6.45) is 3.68. The number of carboxylic acid groups (broad SMARTS) is 3. The van der Waals surface area contributed by atoms with Gasteiger partial charge in [-0.25, -0.2) is 0 Å². The van der Waals surface area contributed by atoms with Gasteiger partial charge in [0, 0.05) is 51.7 Å². The summed E-state index contributed by atoms with van der Waals surface area (Å²) in [4.78, 5) is 43.6. The van der Waals surface area contributed by atoms with Gasteiger partial charge in [-0.2, -0.15) is 0 Å². The third-order valence-electron chi connectivity index (χ3n) is 15.1. The average molecular weight is 843 g/mol. The Morgan fingerprint density at radius 3 is 1.45 bits per heavy atom. The van der Waals surface area contributed by atoms with E-state index in [0.717, 1.165) is 64.5 Å². The standard InChI is InChI=1S/C44H86N4O9Si/c1-13-34(4)43(10)38(8)44(11,37(7)35(5)36(6)42(9,55)33(2)3)57-58(12,56-43)32-16-24-45-20-14-21-47(26-18-40(51)52)30-31-48(27-19-41(53)54)23-15-22-46(29-28-45)25-17-39(49)50/h33-38,55H,13-32H2,1-12H3,(H,49,50)(H,51,52)(H,53,54). The molecule has 0 spiro atoms. The molecular weight excluding hydrogens is 757 g/mol. The van der Waals surface area contributed by atoms with Gasteiger partial charge in [0.05, 0.1) is 36.1 Å². The molecule has 58 heavy (non-hydrogen) atoms. The lowest BCUT2D eigenvalue weighted by Gasteiger charge is -2.61. The van der Waals surface area contributed by atoms with Crippen LogP contribution in [0.3, 0.4) is 0 Å². The van der Waals surface area contributed by atoms with Crippen molar-refractivity contribution in [3.63, 3.8) is 0 Å². The molecule has 0 aromatic heterocycles. The molecule has 13 nitrogen and oxygen atoms in total. The molecule has 9 unspecified atom stereocenters. The Morgan fingerprint density at radius 1 is 0.707 bits per heavy atom. The first-order valence-corrected chi connectivity index (χ1v) is 25.1. The van der Waals surface area contributed by atoms with E-state index in [9.17, 15) is 34.8 Å². The van der Waals surface area contributed by atoms with E-state index in [1.54, 1.807) is 0 Å². The molecule has 0 amide bonds.